The van der Waals surface area contributed by atoms with E-state index in [9.17, 15) is 17.4 Å². The molecule has 1 rings (SSSR count). The third kappa shape index (κ3) is 3.67. The number of hydrogen-bond acceptors (Lipinski definition) is 4. The zero-order valence-corrected chi connectivity index (χ0v) is 11.2. The molecule has 8 heteroatoms. The molecule has 0 saturated carbocycles. The van der Waals surface area contributed by atoms with Crippen molar-refractivity contribution in [3.63, 3.8) is 0 Å². The SMILES string of the molecule is O=S(=O)([O-])C(O)c1c(F)cccc1Cl.[Na+]. The Morgan fingerprint density at radius 2 is 2.00 bits per heavy atom. The summed E-state index contributed by atoms with van der Waals surface area (Å²) in [6.45, 7) is 0. The van der Waals surface area contributed by atoms with Gasteiger partial charge in [-0.2, -0.15) is 0 Å². The molecule has 0 radical (unpaired) electrons. The van der Waals surface area contributed by atoms with Crippen molar-refractivity contribution in [2.45, 2.75) is 5.44 Å². The van der Waals surface area contributed by atoms with Gasteiger partial charge in [0, 0.05) is 5.56 Å². The molecule has 1 atom stereocenters. The summed E-state index contributed by atoms with van der Waals surface area (Å²) < 4.78 is 44.2. The molecule has 1 unspecified atom stereocenters. The summed E-state index contributed by atoms with van der Waals surface area (Å²) in [6.07, 6.45) is 0. The molecule has 0 saturated heterocycles. The van der Waals surface area contributed by atoms with Gasteiger partial charge >= 0.3 is 29.6 Å². The fourth-order valence-corrected chi connectivity index (χ4v) is 1.75. The topological polar surface area (TPSA) is 77.4 Å². The standard InChI is InChI=1S/C7H6ClFO4S.Na/c8-4-2-1-3-5(9)6(4)7(10)14(11,12)13;/h1-3,7,10H,(H,11,12,13);/q;+1/p-1. The Morgan fingerprint density at radius 1 is 1.47 bits per heavy atom. The molecule has 0 aliphatic rings. The monoisotopic (exact) mass is 262 g/mol. The second-order valence-corrected chi connectivity index (χ2v) is 4.32. The van der Waals surface area contributed by atoms with Crippen molar-refractivity contribution in [3.05, 3.63) is 34.6 Å². The van der Waals surface area contributed by atoms with E-state index >= 15 is 0 Å². The van der Waals surface area contributed by atoms with Gasteiger partial charge in [-0.1, -0.05) is 17.7 Å². The third-order valence-corrected chi connectivity index (χ3v) is 2.63. The molecule has 78 valence electrons. The van der Waals surface area contributed by atoms with E-state index in [4.69, 9.17) is 16.7 Å². The van der Waals surface area contributed by atoms with E-state index in [1.807, 2.05) is 0 Å². The third-order valence-electron chi connectivity index (χ3n) is 1.52. The molecule has 1 aromatic rings. The molecule has 0 fully saturated rings. The predicted octanol–water partition coefficient (Wildman–Crippen LogP) is -1.98. The van der Waals surface area contributed by atoms with Gasteiger partial charge in [0.15, 0.2) is 5.44 Å². The van der Waals surface area contributed by atoms with E-state index in [0.29, 0.717) is 0 Å². The van der Waals surface area contributed by atoms with Crippen molar-refractivity contribution in [1.29, 1.82) is 0 Å². The average Bonchev–Trinajstić information content (AvgIpc) is 2.01. The van der Waals surface area contributed by atoms with Gasteiger partial charge in [0.25, 0.3) is 0 Å². The summed E-state index contributed by atoms with van der Waals surface area (Å²) in [7, 11) is -5.02. The van der Waals surface area contributed by atoms with E-state index in [0.717, 1.165) is 6.07 Å². The van der Waals surface area contributed by atoms with Crippen LogP contribution in [-0.4, -0.2) is 18.1 Å². The maximum atomic E-state index is 13.0. The van der Waals surface area contributed by atoms with Gasteiger partial charge in [0.1, 0.15) is 15.9 Å². The van der Waals surface area contributed by atoms with Crippen molar-refractivity contribution < 1.29 is 52.0 Å². The number of rotatable bonds is 2. The van der Waals surface area contributed by atoms with E-state index in [-0.39, 0.29) is 34.6 Å². The Balaban J connectivity index is 0.00000196. The van der Waals surface area contributed by atoms with Crippen molar-refractivity contribution in [2.75, 3.05) is 0 Å². The quantitative estimate of drug-likeness (QED) is 0.495. The smallest absolute Gasteiger partial charge is 0.746 e. The second-order valence-electron chi connectivity index (χ2n) is 2.48. The molecule has 0 bridgehead atoms. The number of benzene rings is 1. The van der Waals surface area contributed by atoms with Crippen LogP contribution in [0.3, 0.4) is 0 Å². The number of aliphatic hydroxyl groups excluding tert-OH is 1. The molecule has 0 amide bonds. The van der Waals surface area contributed by atoms with Crippen LogP contribution in [0.25, 0.3) is 0 Å². The maximum Gasteiger partial charge on any atom is 1.00 e. The molecular weight excluding hydrogens is 258 g/mol. The van der Waals surface area contributed by atoms with Crippen molar-refractivity contribution in [2.24, 2.45) is 0 Å². The maximum absolute atomic E-state index is 13.0. The minimum Gasteiger partial charge on any atom is -0.746 e. The minimum absolute atomic E-state index is 0. The first-order valence-electron chi connectivity index (χ1n) is 3.40. The summed E-state index contributed by atoms with van der Waals surface area (Å²) in [4.78, 5) is 0. The van der Waals surface area contributed by atoms with Crippen molar-refractivity contribution in [1.82, 2.24) is 0 Å². The van der Waals surface area contributed by atoms with Gasteiger partial charge in [-0.25, -0.2) is 12.8 Å². The Kier molecular flexibility index (Phi) is 5.70. The Bertz CT molecular complexity index is 430. The molecule has 1 aromatic carbocycles. The number of halogens is 2. The summed E-state index contributed by atoms with van der Waals surface area (Å²) in [6, 6.07) is 3.30. The first-order valence-corrected chi connectivity index (χ1v) is 5.25. The van der Waals surface area contributed by atoms with Crippen molar-refractivity contribution >= 4 is 21.7 Å². The van der Waals surface area contributed by atoms with Crippen LogP contribution >= 0.6 is 11.6 Å². The molecule has 0 heterocycles. The van der Waals surface area contributed by atoms with Gasteiger partial charge in [0.05, 0.1) is 5.02 Å². The number of aliphatic hydroxyl groups is 1. The van der Waals surface area contributed by atoms with Gasteiger partial charge in [0.2, 0.25) is 0 Å². The van der Waals surface area contributed by atoms with Gasteiger partial charge in [-0.3, -0.25) is 0 Å². The molecular formula is C7H5ClFNaO4S. The summed E-state index contributed by atoms with van der Waals surface area (Å²) in [5, 5.41) is 8.69. The molecule has 0 aliphatic carbocycles. The van der Waals surface area contributed by atoms with Crippen LogP contribution in [0.5, 0.6) is 0 Å². The molecule has 0 spiro atoms. The van der Waals surface area contributed by atoms with Gasteiger partial charge in [-0.15, -0.1) is 0 Å². The van der Waals surface area contributed by atoms with Crippen LogP contribution in [0.15, 0.2) is 18.2 Å². The predicted molar refractivity (Wildman–Crippen MR) is 46.1 cm³/mol. The largest absolute Gasteiger partial charge is 1.00 e. The fraction of sp³-hybridized carbons (Fsp3) is 0.143. The van der Waals surface area contributed by atoms with Crippen LogP contribution in [0, 0.1) is 5.82 Å². The van der Waals surface area contributed by atoms with E-state index in [1.54, 1.807) is 0 Å². The Hall–Kier alpha value is 0.310. The second kappa shape index (κ2) is 5.58. The minimum atomic E-state index is -5.02. The van der Waals surface area contributed by atoms with Crippen LogP contribution < -0.4 is 29.6 Å². The first-order chi connectivity index (χ1) is 6.34. The fourth-order valence-electron chi connectivity index (χ4n) is 0.891. The van der Waals surface area contributed by atoms with E-state index in [2.05, 4.69) is 0 Å². The van der Waals surface area contributed by atoms with Gasteiger partial charge < -0.3 is 9.66 Å². The van der Waals surface area contributed by atoms with Crippen LogP contribution in [0.2, 0.25) is 5.02 Å². The normalized spacial score (nSPS) is 13.1. The first kappa shape index (κ1) is 15.3. The molecule has 0 aliphatic heterocycles. The average molecular weight is 263 g/mol. The molecule has 0 aromatic heterocycles. The zero-order valence-electron chi connectivity index (χ0n) is 7.65. The van der Waals surface area contributed by atoms with E-state index in [1.165, 1.54) is 12.1 Å². The summed E-state index contributed by atoms with van der Waals surface area (Å²) >= 11 is 5.43. The Labute approximate surface area is 113 Å². The zero-order chi connectivity index (χ0) is 10.9. The summed E-state index contributed by atoms with van der Waals surface area (Å²) in [5.74, 6) is -1.04. The van der Waals surface area contributed by atoms with Gasteiger partial charge in [-0.05, 0) is 12.1 Å². The molecule has 15 heavy (non-hydrogen) atoms. The van der Waals surface area contributed by atoms with Crippen LogP contribution in [-0.2, 0) is 10.1 Å². The summed E-state index contributed by atoms with van der Waals surface area (Å²) in [5.41, 5.74) is -3.19. The molecule has 1 N–H and O–H groups in total. The molecule has 4 nitrogen and oxygen atoms in total. The van der Waals surface area contributed by atoms with Crippen molar-refractivity contribution in [3.8, 4) is 0 Å². The Morgan fingerprint density at radius 3 is 2.40 bits per heavy atom. The van der Waals surface area contributed by atoms with E-state index < -0.39 is 26.9 Å². The van der Waals surface area contributed by atoms with Crippen LogP contribution in [0.1, 0.15) is 11.0 Å². The van der Waals surface area contributed by atoms with Crippen LogP contribution in [0.4, 0.5) is 4.39 Å². The number of hydrogen-bond donors (Lipinski definition) is 1.